The number of nitrogens with zero attached hydrogens (tertiary/aromatic N) is 3. The first-order valence-corrected chi connectivity index (χ1v) is 14.8. The summed E-state index contributed by atoms with van der Waals surface area (Å²) in [5.41, 5.74) is 3.50. The second kappa shape index (κ2) is 12.7. The van der Waals surface area contributed by atoms with Crippen LogP contribution in [0.5, 0.6) is 11.5 Å². The van der Waals surface area contributed by atoms with Crippen molar-refractivity contribution in [3.8, 4) is 11.5 Å². The van der Waals surface area contributed by atoms with Crippen LogP contribution >= 0.6 is 23.2 Å². The molecule has 42 heavy (non-hydrogen) atoms. The minimum atomic E-state index is -0.370. The fourth-order valence-electron chi connectivity index (χ4n) is 5.63. The molecule has 2 atom stereocenters. The summed E-state index contributed by atoms with van der Waals surface area (Å²) in [5, 5.41) is 1.26. The van der Waals surface area contributed by atoms with E-state index >= 15 is 0 Å². The van der Waals surface area contributed by atoms with Crippen LogP contribution in [0.2, 0.25) is 10.0 Å². The minimum Gasteiger partial charge on any atom is -0.497 e. The monoisotopic (exact) mass is 607 g/mol. The second-order valence-corrected chi connectivity index (χ2v) is 11.7. The molecule has 3 aromatic rings. The fourth-order valence-corrected chi connectivity index (χ4v) is 5.88. The van der Waals surface area contributed by atoms with Gasteiger partial charge in [-0.25, -0.2) is 4.79 Å². The van der Waals surface area contributed by atoms with Crippen LogP contribution < -0.4 is 9.47 Å². The van der Waals surface area contributed by atoms with Gasteiger partial charge in [0.1, 0.15) is 11.5 Å². The lowest BCUT2D eigenvalue weighted by molar-refractivity contribution is -0.130. The van der Waals surface area contributed by atoms with Gasteiger partial charge in [-0.3, -0.25) is 9.69 Å². The van der Waals surface area contributed by atoms with Gasteiger partial charge >= 0.3 is 6.03 Å². The highest BCUT2D eigenvalue weighted by Gasteiger charge is 2.43. The fraction of sp³-hybridized carbons (Fsp3) is 0.333. The topological polar surface area (TPSA) is 62.3 Å². The van der Waals surface area contributed by atoms with Gasteiger partial charge in [-0.2, -0.15) is 0 Å². The van der Waals surface area contributed by atoms with Crippen molar-refractivity contribution in [1.82, 2.24) is 14.7 Å². The summed E-state index contributed by atoms with van der Waals surface area (Å²) in [6.45, 7) is 7.37. The Balaban J connectivity index is 1.66. The molecule has 2 heterocycles. The third-order valence-corrected chi connectivity index (χ3v) is 8.21. The lowest BCUT2D eigenvalue weighted by atomic mass is 9.88. The van der Waals surface area contributed by atoms with Crippen molar-refractivity contribution >= 4 is 40.8 Å². The van der Waals surface area contributed by atoms with E-state index in [4.69, 9.17) is 32.7 Å². The molecule has 220 valence electrons. The average molecular weight is 609 g/mol. The molecule has 0 bridgehead atoms. The summed E-state index contributed by atoms with van der Waals surface area (Å²) >= 11 is 12.6. The molecule has 1 saturated heterocycles. The largest absolute Gasteiger partial charge is 0.497 e. The molecule has 0 spiro atoms. The zero-order valence-corrected chi connectivity index (χ0v) is 25.7. The molecule has 0 aliphatic carbocycles. The van der Waals surface area contributed by atoms with Gasteiger partial charge in [-0.15, -0.1) is 0 Å². The van der Waals surface area contributed by atoms with E-state index in [0.29, 0.717) is 47.7 Å². The van der Waals surface area contributed by atoms with Crippen LogP contribution in [0.3, 0.4) is 0 Å². The molecule has 3 amide bonds. The zero-order chi connectivity index (χ0) is 30.0. The summed E-state index contributed by atoms with van der Waals surface area (Å²) in [6.07, 6.45) is 2.04. The number of ether oxygens (including phenoxy) is 2. The molecule has 1 fully saturated rings. The van der Waals surface area contributed by atoms with Crippen molar-refractivity contribution in [3.63, 3.8) is 0 Å². The molecule has 5 rings (SSSR count). The van der Waals surface area contributed by atoms with E-state index in [1.165, 1.54) is 0 Å². The summed E-state index contributed by atoms with van der Waals surface area (Å²) in [5.74, 6) is 1.12. The third kappa shape index (κ3) is 6.22. The number of piperazine rings is 1. The lowest BCUT2D eigenvalue weighted by Gasteiger charge is -2.40. The first kappa shape index (κ1) is 29.8. The normalized spacial score (nSPS) is 18.7. The van der Waals surface area contributed by atoms with Gasteiger partial charge in [0.2, 0.25) is 5.91 Å². The van der Waals surface area contributed by atoms with Gasteiger partial charge in [0.05, 0.1) is 25.0 Å². The number of carbonyl (C=O) groups excluding carboxylic acids is 2. The zero-order valence-electron chi connectivity index (χ0n) is 24.2. The van der Waals surface area contributed by atoms with Crippen molar-refractivity contribution in [2.24, 2.45) is 0 Å². The molecule has 0 N–H and O–H groups in total. The van der Waals surface area contributed by atoms with Crippen LogP contribution in [0, 0.1) is 0 Å². The highest BCUT2D eigenvalue weighted by molar-refractivity contribution is 6.30. The van der Waals surface area contributed by atoms with Crippen molar-refractivity contribution < 1.29 is 19.1 Å². The Morgan fingerprint density at radius 2 is 1.40 bits per heavy atom. The summed E-state index contributed by atoms with van der Waals surface area (Å²) in [4.78, 5) is 32.1. The molecule has 2 aliphatic rings. The number of hydrogen-bond donors (Lipinski definition) is 0. The Hall–Kier alpha value is -3.68. The number of benzene rings is 3. The van der Waals surface area contributed by atoms with Crippen molar-refractivity contribution in [3.05, 3.63) is 99.5 Å². The second-order valence-electron chi connectivity index (χ2n) is 10.8. The molecular formula is C33H35Cl2N3O4. The lowest BCUT2D eigenvalue weighted by Crippen LogP contribution is -2.53. The van der Waals surface area contributed by atoms with Gasteiger partial charge in [-0.1, -0.05) is 47.5 Å². The SMILES string of the molecule is COc1ccc(C2=C[C@@H](c3ccc(Cl)cc3)C(c3ccc(Cl)cc3)N2C(=O)N2CCN(C(C)=O)CC2)c(OC(C)C)c1. The molecule has 1 unspecified atom stereocenters. The summed E-state index contributed by atoms with van der Waals surface area (Å²) in [7, 11) is 1.62. The number of amides is 3. The maximum Gasteiger partial charge on any atom is 0.325 e. The van der Waals surface area contributed by atoms with E-state index in [9.17, 15) is 9.59 Å². The van der Waals surface area contributed by atoms with E-state index in [0.717, 1.165) is 22.4 Å². The van der Waals surface area contributed by atoms with Gasteiger partial charge < -0.3 is 19.3 Å². The average Bonchev–Trinajstić information content (AvgIpc) is 3.37. The summed E-state index contributed by atoms with van der Waals surface area (Å²) in [6, 6.07) is 20.6. The predicted molar refractivity (Wildman–Crippen MR) is 166 cm³/mol. The molecule has 2 aliphatic heterocycles. The molecule has 0 radical (unpaired) electrons. The van der Waals surface area contributed by atoms with Gasteiger partial charge in [0, 0.05) is 60.7 Å². The maximum atomic E-state index is 14.6. The first-order chi connectivity index (χ1) is 20.2. The van der Waals surface area contributed by atoms with Crippen LogP contribution in [0.1, 0.15) is 49.4 Å². The standard InChI is InChI=1S/C33H35Cl2N3O4/c1-21(2)42-31-19-27(41-4)13-14-28(31)30-20-29(23-5-9-25(34)10-6-23)32(24-7-11-26(35)12-8-24)38(30)33(40)37-17-15-36(16-18-37)22(3)39/h5-14,19-21,29,32H,15-18H2,1-4H3/t29-,32?/m0/s1. The van der Waals surface area contributed by atoms with Crippen LogP contribution in [0.15, 0.2) is 72.8 Å². The van der Waals surface area contributed by atoms with E-state index in [1.54, 1.807) is 18.9 Å². The predicted octanol–water partition coefficient (Wildman–Crippen LogP) is 7.25. The van der Waals surface area contributed by atoms with Crippen LogP contribution in [0.4, 0.5) is 4.79 Å². The van der Waals surface area contributed by atoms with Crippen LogP contribution in [0.25, 0.3) is 5.70 Å². The smallest absolute Gasteiger partial charge is 0.325 e. The molecule has 3 aromatic carbocycles. The van der Waals surface area contributed by atoms with Crippen molar-refractivity contribution in [2.75, 3.05) is 33.3 Å². The highest BCUT2D eigenvalue weighted by atomic mass is 35.5. The molecule has 0 aromatic heterocycles. The number of carbonyl (C=O) groups is 2. The van der Waals surface area contributed by atoms with E-state index in [2.05, 4.69) is 6.08 Å². The van der Waals surface area contributed by atoms with E-state index in [-0.39, 0.29) is 30.0 Å². The van der Waals surface area contributed by atoms with Gasteiger partial charge in [-0.05, 0) is 67.4 Å². The number of urea groups is 1. The Morgan fingerprint density at radius 3 is 1.95 bits per heavy atom. The Labute approximate surface area is 257 Å². The quantitative estimate of drug-likeness (QED) is 0.296. The highest BCUT2D eigenvalue weighted by Crippen LogP contribution is 2.50. The van der Waals surface area contributed by atoms with Gasteiger partial charge in [0.15, 0.2) is 0 Å². The third-order valence-electron chi connectivity index (χ3n) is 7.71. The molecule has 9 heteroatoms. The van der Waals surface area contributed by atoms with Crippen molar-refractivity contribution in [1.29, 1.82) is 0 Å². The molecule has 0 saturated carbocycles. The first-order valence-electron chi connectivity index (χ1n) is 14.1. The maximum absolute atomic E-state index is 14.6. The van der Waals surface area contributed by atoms with E-state index < -0.39 is 0 Å². The number of rotatable bonds is 6. The number of hydrogen-bond acceptors (Lipinski definition) is 4. The molecular weight excluding hydrogens is 573 g/mol. The minimum absolute atomic E-state index is 0.0133. The number of methoxy groups -OCH3 is 1. The molecule has 7 nitrogen and oxygen atoms in total. The Morgan fingerprint density at radius 1 is 0.833 bits per heavy atom. The number of halogens is 2. The summed E-state index contributed by atoms with van der Waals surface area (Å²) < 4.78 is 11.8. The van der Waals surface area contributed by atoms with Crippen LogP contribution in [-0.2, 0) is 4.79 Å². The van der Waals surface area contributed by atoms with E-state index in [1.807, 2.05) is 90.4 Å². The Kier molecular flexibility index (Phi) is 8.99. The Bertz CT molecular complexity index is 1470. The van der Waals surface area contributed by atoms with Crippen molar-refractivity contribution in [2.45, 2.75) is 38.8 Å². The van der Waals surface area contributed by atoms with Gasteiger partial charge in [0.25, 0.3) is 0 Å². The van der Waals surface area contributed by atoms with Crippen LogP contribution in [-0.4, -0.2) is 66.0 Å².